The van der Waals surface area contributed by atoms with Crippen molar-refractivity contribution in [3.8, 4) is 5.75 Å². The van der Waals surface area contributed by atoms with Crippen LogP contribution in [0.25, 0.3) is 0 Å². The normalized spacial score (nSPS) is 19.6. The SMILES string of the molecule is CC[C@H](Oc1ccccc1Cl)C(=O)NC[C@@H]1CCCO1. The molecule has 1 N–H and O–H groups in total. The zero-order chi connectivity index (χ0) is 14.4. The highest BCUT2D eigenvalue weighted by Gasteiger charge is 2.22. The Kier molecular flexibility index (Phi) is 5.68. The minimum absolute atomic E-state index is 0.122. The fourth-order valence-electron chi connectivity index (χ4n) is 2.15. The van der Waals surface area contributed by atoms with E-state index in [0.717, 1.165) is 19.4 Å². The lowest BCUT2D eigenvalue weighted by atomic mass is 10.2. The van der Waals surface area contributed by atoms with Crippen molar-refractivity contribution < 1.29 is 14.3 Å². The average Bonchev–Trinajstić information content (AvgIpc) is 2.97. The van der Waals surface area contributed by atoms with Crippen molar-refractivity contribution in [2.24, 2.45) is 0 Å². The maximum Gasteiger partial charge on any atom is 0.261 e. The number of ether oxygens (including phenoxy) is 2. The van der Waals surface area contributed by atoms with Crippen LogP contribution >= 0.6 is 11.6 Å². The van der Waals surface area contributed by atoms with Crippen LogP contribution in [0, 0.1) is 0 Å². The Bertz CT molecular complexity index is 446. The second kappa shape index (κ2) is 7.50. The Labute approximate surface area is 124 Å². The van der Waals surface area contributed by atoms with Gasteiger partial charge < -0.3 is 14.8 Å². The molecule has 20 heavy (non-hydrogen) atoms. The molecule has 1 aliphatic rings. The molecule has 1 aromatic rings. The highest BCUT2D eigenvalue weighted by Crippen LogP contribution is 2.24. The highest BCUT2D eigenvalue weighted by atomic mass is 35.5. The monoisotopic (exact) mass is 297 g/mol. The lowest BCUT2D eigenvalue weighted by molar-refractivity contribution is -0.128. The molecule has 4 nitrogen and oxygen atoms in total. The number of hydrogen-bond donors (Lipinski definition) is 1. The number of halogens is 1. The maximum atomic E-state index is 12.1. The molecule has 1 aromatic carbocycles. The Morgan fingerprint density at radius 1 is 1.55 bits per heavy atom. The van der Waals surface area contributed by atoms with E-state index < -0.39 is 6.10 Å². The highest BCUT2D eigenvalue weighted by molar-refractivity contribution is 6.32. The van der Waals surface area contributed by atoms with E-state index in [2.05, 4.69) is 5.32 Å². The van der Waals surface area contributed by atoms with E-state index in [1.165, 1.54) is 0 Å². The molecule has 0 bridgehead atoms. The van der Waals surface area contributed by atoms with Gasteiger partial charge in [-0.1, -0.05) is 30.7 Å². The lowest BCUT2D eigenvalue weighted by Crippen LogP contribution is -2.41. The summed E-state index contributed by atoms with van der Waals surface area (Å²) in [4.78, 5) is 12.1. The summed E-state index contributed by atoms with van der Waals surface area (Å²) in [5, 5.41) is 3.40. The third kappa shape index (κ3) is 4.12. The molecule has 0 radical (unpaired) electrons. The summed E-state index contributed by atoms with van der Waals surface area (Å²) in [6, 6.07) is 7.16. The predicted molar refractivity (Wildman–Crippen MR) is 78.1 cm³/mol. The molecule has 2 atom stereocenters. The minimum atomic E-state index is -0.531. The molecule has 0 saturated carbocycles. The smallest absolute Gasteiger partial charge is 0.261 e. The molecule has 0 unspecified atom stereocenters. The van der Waals surface area contributed by atoms with Crippen LogP contribution in [-0.4, -0.2) is 31.3 Å². The van der Waals surface area contributed by atoms with Crippen molar-refractivity contribution >= 4 is 17.5 Å². The van der Waals surface area contributed by atoms with E-state index in [9.17, 15) is 4.79 Å². The molecule has 1 amide bonds. The molecule has 1 fully saturated rings. The zero-order valence-electron chi connectivity index (χ0n) is 11.6. The standard InChI is InChI=1S/C15H20ClNO3/c1-2-13(20-14-8-4-3-7-12(14)16)15(18)17-10-11-6-5-9-19-11/h3-4,7-8,11,13H,2,5-6,9-10H2,1H3,(H,17,18)/t11-,13-/m0/s1. The number of para-hydroxylation sites is 1. The summed E-state index contributed by atoms with van der Waals surface area (Å²) >= 11 is 6.03. The second-order valence-corrected chi connectivity index (χ2v) is 5.23. The summed E-state index contributed by atoms with van der Waals surface area (Å²) in [7, 11) is 0. The van der Waals surface area contributed by atoms with Crippen LogP contribution in [0.2, 0.25) is 5.02 Å². The summed E-state index contributed by atoms with van der Waals surface area (Å²) in [5.41, 5.74) is 0. The largest absolute Gasteiger partial charge is 0.479 e. The molecule has 2 rings (SSSR count). The summed E-state index contributed by atoms with van der Waals surface area (Å²) in [6.07, 6.45) is 2.26. The topological polar surface area (TPSA) is 47.6 Å². The van der Waals surface area contributed by atoms with Gasteiger partial charge in [-0.25, -0.2) is 0 Å². The molecular weight excluding hydrogens is 278 g/mol. The van der Waals surface area contributed by atoms with Gasteiger partial charge in [0, 0.05) is 13.2 Å². The molecular formula is C15H20ClNO3. The third-order valence-corrected chi connectivity index (χ3v) is 3.61. The van der Waals surface area contributed by atoms with Crippen LogP contribution in [0.3, 0.4) is 0 Å². The number of benzene rings is 1. The van der Waals surface area contributed by atoms with Gasteiger partial charge in [0.1, 0.15) is 5.75 Å². The number of nitrogens with one attached hydrogen (secondary N) is 1. The van der Waals surface area contributed by atoms with Crippen LogP contribution in [0.4, 0.5) is 0 Å². The quantitative estimate of drug-likeness (QED) is 0.878. The number of carbonyl (C=O) groups excluding carboxylic acids is 1. The van der Waals surface area contributed by atoms with Crippen molar-refractivity contribution in [3.63, 3.8) is 0 Å². The first-order valence-electron chi connectivity index (χ1n) is 7.01. The molecule has 110 valence electrons. The van der Waals surface area contributed by atoms with Crippen molar-refractivity contribution in [1.29, 1.82) is 0 Å². The summed E-state index contributed by atoms with van der Waals surface area (Å²) < 4.78 is 11.2. The Balaban J connectivity index is 1.87. The number of rotatable bonds is 6. The van der Waals surface area contributed by atoms with Crippen LogP contribution in [0.5, 0.6) is 5.75 Å². The summed E-state index contributed by atoms with van der Waals surface area (Å²) in [5.74, 6) is 0.413. The second-order valence-electron chi connectivity index (χ2n) is 4.83. The van der Waals surface area contributed by atoms with Crippen LogP contribution in [0.1, 0.15) is 26.2 Å². The van der Waals surface area contributed by atoms with E-state index >= 15 is 0 Å². The van der Waals surface area contributed by atoms with Gasteiger partial charge in [-0.2, -0.15) is 0 Å². The first-order chi connectivity index (χ1) is 9.70. The zero-order valence-corrected chi connectivity index (χ0v) is 12.4. The molecule has 1 saturated heterocycles. The van der Waals surface area contributed by atoms with Gasteiger partial charge in [0.15, 0.2) is 6.10 Å². The molecule has 0 aliphatic carbocycles. The average molecular weight is 298 g/mol. The molecule has 5 heteroatoms. The van der Waals surface area contributed by atoms with Crippen molar-refractivity contribution in [2.75, 3.05) is 13.2 Å². The number of hydrogen-bond acceptors (Lipinski definition) is 3. The van der Waals surface area contributed by atoms with E-state index in [4.69, 9.17) is 21.1 Å². The molecule has 1 heterocycles. The lowest BCUT2D eigenvalue weighted by Gasteiger charge is -2.19. The van der Waals surface area contributed by atoms with E-state index in [-0.39, 0.29) is 12.0 Å². The molecule has 0 spiro atoms. The van der Waals surface area contributed by atoms with E-state index in [1.807, 2.05) is 19.1 Å². The van der Waals surface area contributed by atoms with Gasteiger partial charge in [0.05, 0.1) is 11.1 Å². The van der Waals surface area contributed by atoms with Gasteiger partial charge >= 0.3 is 0 Å². The van der Waals surface area contributed by atoms with Gasteiger partial charge in [0.2, 0.25) is 0 Å². The van der Waals surface area contributed by atoms with Crippen LogP contribution in [-0.2, 0) is 9.53 Å². The van der Waals surface area contributed by atoms with Gasteiger partial charge in [-0.15, -0.1) is 0 Å². The van der Waals surface area contributed by atoms with Crippen molar-refractivity contribution in [2.45, 2.75) is 38.4 Å². The fraction of sp³-hybridized carbons (Fsp3) is 0.533. The summed E-state index contributed by atoms with van der Waals surface area (Å²) in [6.45, 7) is 3.24. The van der Waals surface area contributed by atoms with Crippen LogP contribution < -0.4 is 10.1 Å². The van der Waals surface area contributed by atoms with Crippen molar-refractivity contribution in [3.05, 3.63) is 29.3 Å². The maximum absolute atomic E-state index is 12.1. The Morgan fingerprint density at radius 2 is 2.35 bits per heavy atom. The molecule has 0 aromatic heterocycles. The van der Waals surface area contributed by atoms with Crippen LogP contribution in [0.15, 0.2) is 24.3 Å². The van der Waals surface area contributed by atoms with Gasteiger partial charge in [-0.05, 0) is 31.4 Å². The predicted octanol–water partition coefficient (Wildman–Crippen LogP) is 2.79. The Hall–Kier alpha value is -1.26. The third-order valence-electron chi connectivity index (χ3n) is 3.30. The van der Waals surface area contributed by atoms with E-state index in [1.54, 1.807) is 12.1 Å². The van der Waals surface area contributed by atoms with Gasteiger partial charge in [0.25, 0.3) is 5.91 Å². The first-order valence-corrected chi connectivity index (χ1v) is 7.39. The molecule has 1 aliphatic heterocycles. The van der Waals surface area contributed by atoms with Crippen molar-refractivity contribution in [1.82, 2.24) is 5.32 Å². The number of carbonyl (C=O) groups is 1. The Morgan fingerprint density at radius 3 is 3.00 bits per heavy atom. The minimum Gasteiger partial charge on any atom is -0.479 e. The van der Waals surface area contributed by atoms with E-state index in [0.29, 0.717) is 23.7 Å². The van der Waals surface area contributed by atoms with Gasteiger partial charge in [-0.3, -0.25) is 4.79 Å². The fourth-order valence-corrected chi connectivity index (χ4v) is 2.33. The first kappa shape index (κ1) is 15.1. The number of amides is 1.